The van der Waals surface area contributed by atoms with E-state index in [1.165, 1.54) is 0 Å². The lowest BCUT2D eigenvalue weighted by Crippen LogP contribution is -2.52. The van der Waals surface area contributed by atoms with Crippen LogP contribution in [0.15, 0.2) is 0 Å². The van der Waals surface area contributed by atoms with Gasteiger partial charge in [-0.3, -0.25) is 4.79 Å². The van der Waals surface area contributed by atoms with Crippen molar-refractivity contribution >= 4 is 31.7 Å². The third kappa shape index (κ3) is 2.36. The molecule has 2 heterocycles. The van der Waals surface area contributed by atoms with Gasteiger partial charge in [0.15, 0.2) is 9.84 Å². The lowest BCUT2D eigenvalue weighted by molar-refractivity contribution is -0.140. The van der Waals surface area contributed by atoms with E-state index in [9.17, 15) is 13.2 Å². The molecule has 2 aliphatic rings. The topological polar surface area (TPSA) is 54.5 Å². The maximum Gasteiger partial charge on any atom is 0.226 e. The second-order valence-electron chi connectivity index (χ2n) is 4.36. The van der Waals surface area contributed by atoms with Crippen LogP contribution in [0, 0.1) is 11.8 Å². The monoisotopic (exact) mass is 295 g/mol. The highest BCUT2D eigenvalue weighted by molar-refractivity contribution is 9.09. The van der Waals surface area contributed by atoms with Crippen molar-refractivity contribution in [2.24, 2.45) is 11.8 Å². The van der Waals surface area contributed by atoms with Crippen molar-refractivity contribution in [3.05, 3.63) is 0 Å². The van der Waals surface area contributed by atoms with E-state index >= 15 is 0 Å². The van der Waals surface area contributed by atoms with Crippen LogP contribution in [0.1, 0.15) is 6.42 Å². The third-order valence-electron chi connectivity index (χ3n) is 3.07. The van der Waals surface area contributed by atoms with Crippen molar-refractivity contribution in [2.45, 2.75) is 6.42 Å². The molecule has 0 bridgehead atoms. The highest BCUT2D eigenvalue weighted by Crippen LogP contribution is 2.25. The van der Waals surface area contributed by atoms with Gasteiger partial charge in [-0.15, -0.1) is 0 Å². The number of alkyl halides is 1. The lowest BCUT2D eigenvalue weighted by atomic mass is 9.99. The normalized spacial score (nSPS) is 30.2. The smallest absolute Gasteiger partial charge is 0.226 e. The quantitative estimate of drug-likeness (QED) is 0.688. The summed E-state index contributed by atoms with van der Waals surface area (Å²) in [4.78, 5) is 13.6. The van der Waals surface area contributed by atoms with Gasteiger partial charge in [-0.05, 0) is 6.42 Å². The minimum atomic E-state index is -2.93. The molecule has 15 heavy (non-hydrogen) atoms. The average Bonchev–Trinajstić information content (AvgIpc) is 2.44. The zero-order chi connectivity index (χ0) is 11.1. The van der Waals surface area contributed by atoms with Crippen LogP contribution in [-0.2, 0) is 14.6 Å². The molecule has 2 aliphatic heterocycles. The van der Waals surface area contributed by atoms with Crippen LogP contribution >= 0.6 is 15.9 Å². The summed E-state index contributed by atoms with van der Waals surface area (Å²) in [6.07, 6.45) is 0.511. The largest absolute Gasteiger partial charge is 0.342 e. The van der Waals surface area contributed by atoms with Crippen molar-refractivity contribution in [2.75, 3.05) is 29.9 Å². The Morgan fingerprint density at radius 3 is 2.53 bits per heavy atom. The molecule has 4 nitrogen and oxygen atoms in total. The number of rotatable bonds is 2. The van der Waals surface area contributed by atoms with Gasteiger partial charge in [-0.2, -0.15) is 0 Å². The summed E-state index contributed by atoms with van der Waals surface area (Å²) in [5.74, 6) is 0.548. The Balaban J connectivity index is 1.88. The fourth-order valence-electron chi connectivity index (χ4n) is 2.10. The highest BCUT2D eigenvalue weighted by atomic mass is 79.9. The molecule has 0 radical (unpaired) electrons. The van der Waals surface area contributed by atoms with E-state index in [0.29, 0.717) is 12.3 Å². The molecule has 2 fully saturated rings. The van der Waals surface area contributed by atoms with Crippen LogP contribution in [0.5, 0.6) is 0 Å². The van der Waals surface area contributed by atoms with Gasteiger partial charge >= 0.3 is 0 Å². The van der Waals surface area contributed by atoms with Gasteiger partial charge in [0.25, 0.3) is 0 Å². The van der Waals surface area contributed by atoms with E-state index < -0.39 is 9.84 Å². The first-order valence-corrected chi connectivity index (χ1v) is 8.01. The van der Waals surface area contributed by atoms with Crippen LogP contribution in [0.2, 0.25) is 0 Å². The first-order valence-electron chi connectivity index (χ1n) is 5.07. The molecule has 0 N–H and O–H groups in total. The Bertz CT molecular complexity index is 362. The van der Waals surface area contributed by atoms with E-state index in [1.54, 1.807) is 4.90 Å². The summed E-state index contributed by atoms with van der Waals surface area (Å²) in [5, 5.41) is 0.916. The molecule has 86 valence electrons. The lowest BCUT2D eigenvalue weighted by Gasteiger charge is -2.39. The number of amides is 1. The van der Waals surface area contributed by atoms with E-state index in [-0.39, 0.29) is 23.3 Å². The summed E-state index contributed by atoms with van der Waals surface area (Å²) < 4.78 is 22.4. The Morgan fingerprint density at radius 1 is 1.40 bits per heavy atom. The van der Waals surface area contributed by atoms with E-state index in [1.807, 2.05) is 0 Å². The maximum atomic E-state index is 11.8. The van der Waals surface area contributed by atoms with Gasteiger partial charge in [0.1, 0.15) is 0 Å². The number of halogens is 1. The SMILES string of the molecule is O=C(C1CCS(=O)(=O)C1)N1CC(CBr)C1. The first kappa shape index (κ1) is 11.4. The molecule has 0 aromatic heterocycles. The Kier molecular flexibility index (Phi) is 3.07. The van der Waals surface area contributed by atoms with Gasteiger partial charge in [0.2, 0.25) is 5.91 Å². The number of hydrogen-bond donors (Lipinski definition) is 0. The van der Waals surface area contributed by atoms with Crippen LogP contribution in [0.4, 0.5) is 0 Å². The molecule has 0 aromatic rings. The molecule has 0 saturated carbocycles. The average molecular weight is 296 g/mol. The standard InChI is InChI=1S/C9H14BrNO3S/c10-3-7-4-11(5-7)9(12)8-1-2-15(13,14)6-8/h7-8H,1-6H2. The molecule has 1 atom stereocenters. The minimum absolute atomic E-state index is 0.0354. The van der Waals surface area contributed by atoms with E-state index in [0.717, 1.165) is 18.4 Å². The predicted molar refractivity (Wildman–Crippen MR) is 60.6 cm³/mol. The molecular formula is C9H14BrNO3S. The summed E-state index contributed by atoms with van der Waals surface area (Å²) in [5.41, 5.74) is 0. The molecule has 2 saturated heterocycles. The fraction of sp³-hybridized carbons (Fsp3) is 0.889. The highest BCUT2D eigenvalue weighted by Gasteiger charge is 2.39. The Hall–Kier alpha value is -0.100. The van der Waals surface area contributed by atoms with Crippen LogP contribution < -0.4 is 0 Å². The van der Waals surface area contributed by atoms with Crippen molar-refractivity contribution < 1.29 is 13.2 Å². The first-order chi connectivity index (χ1) is 7.02. The molecule has 0 aromatic carbocycles. The van der Waals surface area contributed by atoms with Gasteiger partial charge < -0.3 is 4.90 Å². The summed E-state index contributed by atoms with van der Waals surface area (Å²) in [6, 6.07) is 0. The Morgan fingerprint density at radius 2 is 2.07 bits per heavy atom. The summed E-state index contributed by atoms with van der Waals surface area (Å²) in [6.45, 7) is 1.56. The molecule has 2 rings (SSSR count). The van der Waals surface area contributed by atoms with Gasteiger partial charge in [0, 0.05) is 24.3 Å². The second kappa shape index (κ2) is 4.05. The zero-order valence-corrected chi connectivity index (χ0v) is 10.8. The van der Waals surface area contributed by atoms with Gasteiger partial charge in [-0.25, -0.2) is 8.42 Å². The van der Waals surface area contributed by atoms with Crippen molar-refractivity contribution in [3.63, 3.8) is 0 Å². The summed E-state index contributed by atoms with van der Waals surface area (Å²) >= 11 is 3.37. The third-order valence-corrected chi connectivity index (χ3v) is 5.75. The number of nitrogens with zero attached hydrogens (tertiary/aromatic N) is 1. The number of likely N-dealkylation sites (tertiary alicyclic amines) is 1. The van der Waals surface area contributed by atoms with Crippen LogP contribution in [0.25, 0.3) is 0 Å². The van der Waals surface area contributed by atoms with Gasteiger partial charge in [0.05, 0.1) is 17.4 Å². The van der Waals surface area contributed by atoms with Crippen LogP contribution in [0.3, 0.4) is 0 Å². The minimum Gasteiger partial charge on any atom is -0.342 e. The number of sulfone groups is 1. The predicted octanol–water partition coefficient (Wildman–Crippen LogP) is 0.274. The maximum absolute atomic E-state index is 11.8. The second-order valence-corrected chi connectivity index (χ2v) is 7.24. The molecule has 6 heteroatoms. The molecule has 0 aliphatic carbocycles. The Labute approximate surface area is 98.1 Å². The van der Waals surface area contributed by atoms with E-state index in [4.69, 9.17) is 0 Å². The van der Waals surface area contributed by atoms with E-state index in [2.05, 4.69) is 15.9 Å². The number of hydrogen-bond acceptors (Lipinski definition) is 3. The van der Waals surface area contributed by atoms with Gasteiger partial charge in [-0.1, -0.05) is 15.9 Å². The summed E-state index contributed by atoms with van der Waals surface area (Å²) in [7, 11) is -2.93. The zero-order valence-electron chi connectivity index (χ0n) is 8.36. The molecular weight excluding hydrogens is 282 g/mol. The van der Waals surface area contributed by atoms with Crippen molar-refractivity contribution in [1.82, 2.24) is 4.90 Å². The van der Waals surface area contributed by atoms with Crippen molar-refractivity contribution in [3.8, 4) is 0 Å². The van der Waals surface area contributed by atoms with Crippen LogP contribution in [-0.4, -0.2) is 49.2 Å². The molecule has 1 unspecified atom stereocenters. The molecule has 1 amide bonds. The van der Waals surface area contributed by atoms with Crippen molar-refractivity contribution in [1.29, 1.82) is 0 Å². The number of carbonyl (C=O) groups excluding carboxylic acids is 1. The number of carbonyl (C=O) groups is 1. The molecule has 0 spiro atoms. The fourth-order valence-corrected chi connectivity index (χ4v) is 4.24.